The van der Waals surface area contributed by atoms with Crippen LogP contribution in [0.1, 0.15) is 11.8 Å². The molecule has 0 spiro atoms. The summed E-state index contributed by atoms with van der Waals surface area (Å²) in [6, 6.07) is 4.83. The molecule has 0 aliphatic rings. The number of carbonyl (C=O) groups is 1. The van der Waals surface area contributed by atoms with E-state index >= 15 is 0 Å². The van der Waals surface area contributed by atoms with E-state index in [0.29, 0.717) is 0 Å². The van der Waals surface area contributed by atoms with Crippen molar-refractivity contribution in [2.75, 3.05) is 0 Å². The van der Waals surface area contributed by atoms with Crippen LogP contribution in [0.15, 0.2) is 29.2 Å². The van der Waals surface area contributed by atoms with Gasteiger partial charge in [-0.3, -0.25) is 4.55 Å². The second-order valence-corrected chi connectivity index (χ2v) is 3.67. The van der Waals surface area contributed by atoms with E-state index in [1.807, 2.05) is 0 Å². The molecule has 72 valence electrons. The van der Waals surface area contributed by atoms with Crippen LogP contribution in [0.25, 0.3) is 0 Å². The molecule has 0 saturated carbocycles. The zero-order valence-electron chi connectivity index (χ0n) is 8.34. The Morgan fingerprint density at radius 2 is 1.79 bits per heavy atom. The van der Waals surface area contributed by atoms with Crippen LogP contribution in [0.3, 0.4) is 0 Å². The predicted octanol–water partition coefficient (Wildman–Crippen LogP) is -2.25. The first-order valence-electron chi connectivity index (χ1n) is 3.23. The normalized spacial score (nSPS) is 10.4. The van der Waals surface area contributed by atoms with Crippen molar-refractivity contribution >= 4 is 16.1 Å². The minimum atomic E-state index is -4.46. The Kier molecular flexibility index (Phi) is 4.35. The monoisotopic (exact) mass is 210 g/mol. The molecule has 0 saturated heterocycles. The summed E-state index contributed by atoms with van der Waals surface area (Å²) < 4.78 is 29.9. The molecule has 1 aromatic carbocycles. The molecule has 1 aromatic rings. The molecule has 0 aliphatic heterocycles. The second-order valence-electron chi connectivity index (χ2n) is 2.28. The third-order valence-electron chi connectivity index (χ3n) is 1.40. The Bertz CT molecular complexity index is 444. The van der Waals surface area contributed by atoms with E-state index in [2.05, 4.69) is 0 Å². The zero-order chi connectivity index (χ0) is 10.1. The van der Waals surface area contributed by atoms with Gasteiger partial charge in [-0.25, -0.2) is 4.79 Å². The summed E-state index contributed by atoms with van der Waals surface area (Å²) in [5.41, 5.74) is -0.440. The van der Waals surface area contributed by atoms with E-state index in [1.165, 1.54) is 12.1 Å². The molecule has 0 heterocycles. The van der Waals surface area contributed by atoms with E-state index in [-0.39, 0.29) is 20.3 Å². The first-order chi connectivity index (χ1) is 5.93. The molecule has 0 bridgehead atoms. The SMILES string of the molecule is O=C(O)c1ccccc1S(=O)(=O)O.[H-].[Li+]. The number of aromatic carboxylic acids is 1. The quantitative estimate of drug-likeness (QED) is 0.425. The van der Waals surface area contributed by atoms with E-state index < -0.39 is 26.5 Å². The van der Waals surface area contributed by atoms with Crippen molar-refractivity contribution in [1.82, 2.24) is 0 Å². The number of hydrogen-bond donors (Lipinski definition) is 2. The van der Waals surface area contributed by atoms with Gasteiger partial charge < -0.3 is 6.53 Å². The molecule has 0 unspecified atom stereocenters. The number of rotatable bonds is 2. The van der Waals surface area contributed by atoms with Crippen molar-refractivity contribution < 1.29 is 43.2 Å². The first kappa shape index (κ1) is 13.2. The molecular formula is C7H7LiO5S. The van der Waals surface area contributed by atoms with Gasteiger partial charge in [0, 0.05) is 0 Å². The van der Waals surface area contributed by atoms with Crippen molar-refractivity contribution in [3.8, 4) is 0 Å². The van der Waals surface area contributed by atoms with Crippen LogP contribution in [0.2, 0.25) is 0 Å². The minimum absolute atomic E-state index is 0. The molecule has 0 aromatic heterocycles. The molecule has 0 aliphatic carbocycles. The molecule has 1 rings (SSSR count). The van der Waals surface area contributed by atoms with Crippen LogP contribution in [0.5, 0.6) is 0 Å². The van der Waals surface area contributed by atoms with Crippen LogP contribution in [-0.4, -0.2) is 24.0 Å². The Morgan fingerprint density at radius 1 is 1.29 bits per heavy atom. The number of benzene rings is 1. The van der Waals surface area contributed by atoms with Crippen LogP contribution in [0.4, 0.5) is 0 Å². The van der Waals surface area contributed by atoms with Gasteiger partial charge in [0.15, 0.2) is 0 Å². The minimum Gasteiger partial charge on any atom is -1.00 e. The fraction of sp³-hybridized carbons (Fsp3) is 0. The van der Waals surface area contributed by atoms with Gasteiger partial charge in [0.05, 0.1) is 5.56 Å². The number of hydrogen-bond acceptors (Lipinski definition) is 3. The summed E-state index contributed by atoms with van der Waals surface area (Å²) in [6.07, 6.45) is 0. The zero-order valence-corrected chi connectivity index (χ0v) is 8.15. The third-order valence-corrected chi connectivity index (χ3v) is 2.31. The number of carboxylic acid groups (broad SMARTS) is 1. The van der Waals surface area contributed by atoms with Crippen molar-refractivity contribution in [2.45, 2.75) is 4.90 Å². The van der Waals surface area contributed by atoms with Gasteiger partial charge in [-0.1, -0.05) is 12.1 Å². The molecule has 0 amide bonds. The maximum Gasteiger partial charge on any atom is 1.00 e. The van der Waals surface area contributed by atoms with Crippen molar-refractivity contribution in [2.24, 2.45) is 0 Å². The van der Waals surface area contributed by atoms with Gasteiger partial charge in [0.25, 0.3) is 10.1 Å². The largest absolute Gasteiger partial charge is 1.00 e. The maximum atomic E-state index is 10.7. The first-order valence-corrected chi connectivity index (χ1v) is 4.67. The Hall–Kier alpha value is -0.803. The summed E-state index contributed by atoms with van der Waals surface area (Å²) in [5.74, 6) is -1.40. The molecule has 0 radical (unpaired) electrons. The van der Waals surface area contributed by atoms with Crippen LogP contribution in [0, 0.1) is 0 Å². The Labute approximate surface area is 94.2 Å². The van der Waals surface area contributed by atoms with Crippen LogP contribution >= 0.6 is 0 Å². The molecule has 5 nitrogen and oxygen atoms in total. The predicted molar refractivity (Wildman–Crippen MR) is 44.3 cm³/mol. The van der Waals surface area contributed by atoms with E-state index in [9.17, 15) is 13.2 Å². The maximum absolute atomic E-state index is 10.7. The summed E-state index contributed by atoms with van der Waals surface area (Å²) in [4.78, 5) is 9.90. The average Bonchev–Trinajstić information content (AvgIpc) is 2.03. The topological polar surface area (TPSA) is 91.7 Å². The molecule has 0 atom stereocenters. The fourth-order valence-electron chi connectivity index (χ4n) is 0.868. The van der Waals surface area contributed by atoms with Gasteiger partial charge in [0.2, 0.25) is 0 Å². The molecule has 14 heavy (non-hydrogen) atoms. The molecular weight excluding hydrogens is 203 g/mol. The third kappa shape index (κ3) is 2.85. The molecule has 0 fully saturated rings. The fourth-order valence-corrected chi connectivity index (χ4v) is 1.55. The van der Waals surface area contributed by atoms with E-state index in [4.69, 9.17) is 9.66 Å². The summed E-state index contributed by atoms with van der Waals surface area (Å²) in [5, 5.41) is 8.55. The Balaban J connectivity index is 0. The van der Waals surface area contributed by atoms with Crippen LogP contribution < -0.4 is 18.9 Å². The van der Waals surface area contributed by atoms with Crippen molar-refractivity contribution in [1.29, 1.82) is 0 Å². The van der Waals surface area contributed by atoms with Gasteiger partial charge in [0.1, 0.15) is 4.90 Å². The van der Waals surface area contributed by atoms with Gasteiger partial charge >= 0.3 is 24.8 Å². The standard InChI is InChI=1S/C7H6O5S.Li.H/c8-7(9)5-3-1-2-4-6(5)13(10,11)12;;/h1-4H,(H,8,9)(H,10,11,12);;/q;+1;-1. The summed E-state index contributed by atoms with van der Waals surface area (Å²) >= 11 is 0. The van der Waals surface area contributed by atoms with Crippen LogP contribution in [-0.2, 0) is 10.1 Å². The van der Waals surface area contributed by atoms with Crippen molar-refractivity contribution in [3.05, 3.63) is 29.8 Å². The summed E-state index contributed by atoms with van der Waals surface area (Å²) in [6.45, 7) is 0. The van der Waals surface area contributed by atoms with Crippen molar-refractivity contribution in [3.63, 3.8) is 0 Å². The Morgan fingerprint density at radius 3 is 2.14 bits per heavy atom. The van der Waals surface area contributed by atoms with E-state index in [1.54, 1.807) is 0 Å². The molecule has 2 N–H and O–H groups in total. The van der Waals surface area contributed by atoms with E-state index in [0.717, 1.165) is 12.1 Å². The summed E-state index contributed by atoms with van der Waals surface area (Å²) in [7, 11) is -4.46. The number of carboxylic acids is 1. The second kappa shape index (κ2) is 4.62. The smallest absolute Gasteiger partial charge is 1.00 e. The van der Waals surface area contributed by atoms with Gasteiger partial charge in [-0.15, -0.1) is 0 Å². The molecule has 7 heteroatoms. The average molecular weight is 210 g/mol. The van der Waals surface area contributed by atoms with Gasteiger partial charge in [-0.2, -0.15) is 8.42 Å². The van der Waals surface area contributed by atoms with Gasteiger partial charge in [-0.05, 0) is 12.1 Å².